The predicted octanol–water partition coefficient (Wildman–Crippen LogP) is 4.97. The second-order valence-electron chi connectivity index (χ2n) is 9.24. The molecule has 1 aromatic rings. The lowest BCUT2D eigenvalue weighted by atomic mass is 9.68. The lowest BCUT2D eigenvalue weighted by Crippen LogP contribution is -2.55. The van der Waals surface area contributed by atoms with E-state index in [0.29, 0.717) is 18.1 Å². The maximum absolute atomic E-state index is 12.5. The van der Waals surface area contributed by atoms with Crippen molar-refractivity contribution < 1.29 is 23.7 Å². The Morgan fingerprint density at radius 2 is 2.00 bits per heavy atom. The summed E-state index contributed by atoms with van der Waals surface area (Å²) in [5, 5.41) is 0.658. The molecular formula is C25H31ClO5. The Labute approximate surface area is 189 Å². The summed E-state index contributed by atoms with van der Waals surface area (Å²) in [6, 6.07) is 7.28. The minimum Gasteiger partial charge on any atom is -0.456 e. The number of benzene rings is 1. The lowest BCUT2D eigenvalue weighted by Gasteiger charge is -2.42. The van der Waals surface area contributed by atoms with Crippen molar-refractivity contribution in [2.24, 2.45) is 5.92 Å². The molecule has 4 rings (SSSR count). The maximum Gasteiger partial charge on any atom is 0.331 e. The molecular weight excluding hydrogens is 416 g/mol. The Kier molecular flexibility index (Phi) is 6.32. The van der Waals surface area contributed by atoms with Gasteiger partial charge in [-0.05, 0) is 63.8 Å². The number of hydrogen-bond donors (Lipinski definition) is 0. The minimum atomic E-state index is -0.378. The summed E-state index contributed by atoms with van der Waals surface area (Å²) in [5.41, 5.74) is 1.60. The highest BCUT2D eigenvalue weighted by Crippen LogP contribution is 2.59. The molecule has 0 unspecified atom stereocenters. The zero-order valence-corrected chi connectivity index (χ0v) is 19.4. The summed E-state index contributed by atoms with van der Waals surface area (Å²) < 4.78 is 23.9. The molecule has 1 spiro atoms. The van der Waals surface area contributed by atoms with Gasteiger partial charge in [0.15, 0.2) is 0 Å². The topological polar surface area (TPSA) is 60.6 Å². The van der Waals surface area contributed by atoms with E-state index in [4.69, 9.17) is 30.5 Å². The van der Waals surface area contributed by atoms with Crippen LogP contribution in [0.5, 0.6) is 0 Å². The third-order valence-corrected chi connectivity index (χ3v) is 7.04. The zero-order valence-electron chi connectivity index (χ0n) is 18.6. The first-order valence-corrected chi connectivity index (χ1v) is 11.3. The summed E-state index contributed by atoms with van der Waals surface area (Å²) >= 11 is 5.91. The number of ether oxygens (including phenoxy) is 4. The zero-order chi connectivity index (χ0) is 22.2. The van der Waals surface area contributed by atoms with Crippen molar-refractivity contribution in [2.75, 3.05) is 13.7 Å². The van der Waals surface area contributed by atoms with Gasteiger partial charge in [0.2, 0.25) is 0 Å². The molecule has 3 fully saturated rings. The van der Waals surface area contributed by atoms with Crippen LogP contribution in [0.2, 0.25) is 5.02 Å². The number of carbonyl (C=O) groups is 1. The standard InChI is InChI=1S/C25H31ClO5/c1-16(2)5-11-20-24(3,31-20)23-22(28-4)19(13-14-25(23)15-29-25)30-21(27)12-8-17-6-9-18(26)10-7-17/h5-10,12,19-20,22-23H,11,13-15H2,1-4H3/b12-8+/t19-,20+,22-,23-,24-,25+/m1/s1. The molecule has 3 aliphatic rings. The van der Waals surface area contributed by atoms with E-state index in [2.05, 4.69) is 26.8 Å². The second kappa shape index (κ2) is 8.70. The number of hydrogen-bond acceptors (Lipinski definition) is 5. The van der Waals surface area contributed by atoms with Crippen LogP contribution in [0.4, 0.5) is 0 Å². The van der Waals surface area contributed by atoms with Gasteiger partial charge < -0.3 is 18.9 Å². The van der Waals surface area contributed by atoms with Crippen molar-refractivity contribution in [2.45, 2.75) is 69.5 Å². The van der Waals surface area contributed by atoms with Crippen LogP contribution in [-0.2, 0) is 23.7 Å². The lowest BCUT2D eigenvalue weighted by molar-refractivity contribution is -0.166. The highest BCUT2D eigenvalue weighted by molar-refractivity contribution is 6.30. The van der Waals surface area contributed by atoms with E-state index in [-0.39, 0.29) is 41.4 Å². The van der Waals surface area contributed by atoms with Crippen molar-refractivity contribution in [1.82, 2.24) is 0 Å². The van der Waals surface area contributed by atoms with E-state index in [9.17, 15) is 4.79 Å². The van der Waals surface area contributed by atoms with Crippen LogP contribution in [0.3, 0.4) is 0 Å². The van der Waals surface area contributed by atoms with Gasteiger partial charge in [0.1, 0.15) is 23.4 Å². The molecule has 0 amide bonds. The first-order valence-electron chi connectivity index (χ1n) is 10.9. The van der Waals surface area contributed by atoms with Gasteiger partial charge in [0.05, 0.1) is 18.6 Å². The van der Waals surface area contributed by atoms with Gasteiger partial charge >= 0.3 is 5.97 Å². The quantitative estimate of drug-likeness (QED) is 0.256. The van der Waals surface area contributed by atoms with Crippen LogP contribution in [0, 0.1) is 5.92 Å². The fourth-order valence-electron chi connectivity index (χ4n) is 5.00. The van der Waals surface area contributed by atoms with Gasteiger partial charge in [-0.15, -0.1) is 0 Å². The summed E-state index contributed by atoms with van der Waals surface area (Å²) in [5.74, 6) is -0.358. The highest BCUT2D eigenvalue weighted by Gasteiger charge is 2.72. The monoisotopic (exact) mass is 446 g/mol. The van der Waals surface area contributed by atoms with Gasteiger partial charge in [0, 0.05) is 18.2 Å². The summed E-state index contributed by atoms with van der Waals surface area (Å²) in [7, 11) is 1.68. The van der Waals surface area contributed by atoms with E-state index in [0.717, 1.165) is 18.4 Å². The number of esters is 1. The van der Waals surface area contributed by atoms with E-state index in [1.165, 1.54) is 11.6 Å². The number of halogens is 1. The minimum absolute atomic E-state index is 0.0207. The molecule has 0 radical (unpaired) electrons. The van der Waals surface area contributed by atoms with Crippen LogP contribution >= 0.6 is 11.6 Å². The first-order chi connectivity index (χ1) is 14.8. The Bertz CT molecular complexity index is 868. The molecule has 2 aliphatic heterocycles. The molecule has 0 N–H and O–H groups in total. The molecule has 1 aliphatic carbocycles. The van der Waals surface area contributed by atoms with Crippen LogP contribution in [0.25, 0.3) is 6.08 Å². The Morgan fingerprint density at radius 3 is 2.61 bits per heavy atom. The Morgan fingerprint density at radius 1 is 1.29 bits per heavy atom. The molecule has 0 aromatic heterocycles. The molecule has 2 heterocycles. The van der Waals surface area contributed by atoms with Crippen molar-refractivity contribution >= 4 is 23.6 Å². The van der Waals surface area contributed by atoms with Gasteiger partial charge in [-0.2, -0.15) is 0 Å². The molecule has 1 saturated carbocycles. The van der Waals surface area contributed by atoms with E-state index in [1.807, 2.05) is 12.1 Å². The molecule has 168 valence electrons. The predicted molar refractivity (Wildman–Crippen MR) is 120 cm³/mol. The molecule has 31 heavy (non-hydrogen) atoms. The van der Waals surface area contributed by atoms with Gasteiger partial charge in [-0.3, -0.25) is 0 Å². The molecule has 0 bridgehead atoms. The summed E-state index contributed by atoms with van der Waals surface area (Å²) in [4.78, 5) is 12.5. The molecule has 6 atom stereocenters. The number of rotatable bonds is 7. The van der Waals surface area contributed by atoms with Crippen molar-refractivity contribution in [3.8, 4) is 0 Å². The van der Waals surface area contributed by atoms with E-state index < -0.39 is 0 Å². The van der Waals surface area contributed by atoms with Crippen molar-refractivity contribution in [1.29, 1.82) is 0 Å². The van der Waals surface area contributed by atoms with Crippen molar-refractivity contribution in [3.05, 3.63) is 52.6 Å². The third-order valence-electron chi connectivity index (χ3n) is 6.79. The SMILES string of the molecule is CO[C@@H]1[C@H](OC(=O)/C=C/c2ccc(Cl)cc2)CC[C@]2(CO2)[C@H]1[C@]1(C)O[C@H]1CC=C(C)C. The Hall–Kier alpha value is -1.66. The second-order valence-corrected chi connectivity index (χ2v) is 9.67. The average Bonchev–Trinajstić information content (AvgIpc) is 3.65. The normalized spacial score (nSPS) is 36.4. The van der Waals surface area contributed by atoms with Crippen LogP contribution < -0.4 is 0 Å². The molecule has 2 saturated heterocycles. The van der Waals surface area contributed by atoms with E-state index >= 15 is 0 Å². The maximum atomic E-state index is 12.5. The van der Waals surface area contributed by atoms with Crippen LogP contribution in [-0.4, -0.2) is 49.2 Å². The Balaban J connectivity index is 1.45. The fraction of sp³-hybridized carbons (Fsp3) is 0.560. The molecule has 1 aromatic carbocycles. The highest BCUT2D eigenvalue weighted by atomic mass is 35.5. The summed E-state index contributed by atoms with van der Waals surface area (Å²) in [6.45, 7) is 7.04. The van der Waals surface area contributed by atoms with Crippen LogP contribution in [0.1, 0.15) is 45.6 Å². The average molecular weight is 447 g/mol. The van der Waals surface area contributed by atoms with Crippen molar-refractivity contribution in [3.63, 3.8) is 0 Å². The molecule has 6 heteroatoms. The summed E-state index contributed by atoms with van der Waals surface area (Å²) in [6.07, 6.45) is 7.34. The van der Waals surface area contributed by atoms with Crippen LogP contribution in [0.15, 0.2) is 42.0 Å². The number of methoxy groups -OCH3 is 1. The number of carbonyl (C=O) groups excluding carboxylic acids is 1. The number of epoxide rings is 2. The third kappa shape index (κ3) is 4.75. The number of allylic oxidation sites excluding steroid dienone is 1. The smallest absolute Gasteiger partial charge is 0.331 e. The largest absolute Gasteiger partial charge is 0.456 e. The van der Waals surface area contributed by atoms with Gasteiger partial charge in [-0.1, -0.05) is 35.4 Å². The fourth-order valence-corrected chi connectivity index (χ4v) is 5.12. The van der Waals surface area contributed by atoms with E-state index in [1.54, 1.807) is 25.3 Å². The van der Waals surface area contributed by atoms with Gasteiger partial charge in [-0.25, -0.2) is 4.79 Å². The molecule has 5 nitrogen and oxygen atoms in total. The van der Waals surface area contributed by atoms with Gasteiger partial charge in [0.25, 0.3) is 0 Å². The first kappa shape index (κ1) is 22.5.